The van der Waals surface area contributed by atoms with E-state index in [0.29, 0.717) is 35.5 Å². The molecule has 5 rings (SSSR count). The normalized spacial score (nSPS) is 22.2. The van der Waals surface area contributed by atoms with E-state index in [4.69, 9.17) is 21.7 Å². The lowest BCUT2D eigenvalue weighted by Crippen LogP contribution is -2.50. The Bertz CT molecular complexity index is 1230. The molecule has 2 aromatic rings. The quantitative estimate of drug-likeness (QED) is 0.504. The van der Waals surface area contributed by atoms with E-state index in [1.165, 1.54) is 17.0 Å². The second-order valence-electron chi connectivity index (χ2n) is 8.47. The Hall–Kier alpha value is -3.35. The Morgan fingerprint density at radius 3 is 2.64 bits per heavy atom. The van der Waals surface area contributed by atoms with Crippen molar-refractivity contribution < 1.29 is 23.5 Å². The number of esters is 1. The highest BCUT2D eigenvalue weighted by Crippen LogP contribution is 2.42. The van der Waals surface area contributed by atoms with E-state index in [1.807, 2.05) is 0 Å². The number of carbonyl (C=O) groups is 2. The zero-order valence-electron chi connectivity index (χ0n) is 17.8. The molecule has 0 N–H and O–H groups in total. The monoisotopic (exact) mass is 465 g/mol. The third-order valence-corrected chi connectivity index (χ3v) is 6.60. The Balaban J connectivity index is 1.53. The van der Waals surface area contributed by atoms with Crippen molar-refractivity contribution in [1.29, 1.82) is 5.26 Å². The average molecular weight is 466 g/mol. The highest BCUT2D eigenvalue weighted by Gasteiger charge is 2.58. The summed E-state index contributed by atoms with van der Waals surface area (Å²) in [6.07, 6.45) is 1.83. The van der Waals surface area contributed by atoms with Crippen LogP contribution in [0.4, 0.5) is 15.8 Å². The van der Waals surface area contributed by atoms with Gasteiger partial charge in [0.15, 0.2) is 10.7 Å². The van der Waals surface area contributed by atoms with Gasteiger partial charge in [-0.25, -0.2) is 9.18 Å². The van der Waals surface area contributed by atoms with Crippen LogP contribution < -0.4 is 9.80 Å². The number of nitriles is 1. The molecule has 33 heavy (non-hydrogen) atoms. The molecule has 2 aliphatic heterocycles. The van der Waals surface area contributed by atoms with Gasteiger partial charge in [-0.3, -0.25) is 9.69 Å². The summed E-state index contributed by atoms with van der Waals surface area (Å²) in [5.41, 5.74) is 0.834. The van der Waals surface area contributed by atoms with Crippen LogP contribution in [0, 0.1) is 24.1 Å². The molecule has 1 atom stereocenters. The number of nitrogens with zero attached hydrogens (tertiary/aromatic N) is 3. The standard InChI is InChI=1S/C24H20FN3O4S/c1-14-10-16(3-2-15(14)12-26)27-22(30)24(8-9-31-13-24)28(23(27)33)17-4-7-19(20(25)11-17)21(29)32-18-5-6-18/h2-4,7,10-11,18H,5-6,8-9,13H2,1H3/t24-/m1/s1. The van der Waals surface area contributed by atoms with Gasteiger partial charge in [-0.15, -0.1) is 0 Å². The predicted octanol–water partition coefficient (Wildman–Crippen LogP) is 3.62. The van der Waals surface area contributed by atoms with Crippen LogP contribution in [0.2, 0.25) is 0 Å². The van der Waals surface area contributed by atoms with E-state index < -0.39 is 17.3 Å². The van der Waals surface area contributed by atoms with Gasteiger partial charge in [0.2, 0.25) is 0 Å². The van der Waals surface area contributed by atoms with E-state index in [0.717, 1.165) is 12.8 Å². The Kier molecular flexibility index (Phi) is 5.15. The van der Waals surface area contributed by atoms with Crippen molar-refractivity contribution in [3.8, 4) is 6.07 Å². The summed E-state index contributed by atoms with van der Waals surface area (Å²) in [4.78, 5) is 28.9. The number of carbonyl (C=O) groups excluding carboxylic acids is 2. The Morgan fingerprint density at radius 2 is 2.03 bits per heavy atom. The number of hydrogen-bond donors (Lipinski definition) is 0. The summed E-state index contributed by atoms with van der Waals surface area (Å²) >= 11 is 5.71. The molecule has 7 nitrogen and oxygen atoms in total. The fraction of sp³-hybridized carbons (Fsp3) is 0.333. The van der Waals surface area contributed by atoms with Crippen molar-refractivity contribution >= 4 is 40.6 Å². The molecule has 0 bridgehead atoms. The molecule has 1 saturated carbocycles. The molecule has 168 valence electrons. The van der Waals surface area contributed by atoms with Gasteiger partial charge in [0.05, 0.1) is 29.5 Å². The topological polar surface area (TPSA) is 82.9 Å². The minimum Gasteiger partial charge on any atom is -0.459 e. The fourth-order valence-corrected chi connectivity index (χ4v) is 4.75. The molecule has 0 unspecified atom stereocenters. The molecule has 9 heteroatoms. The fourth-order valence-electron chi connectivity index (χ4n) is 4.28. The van der Waals surface area contributed by atoms with Crippen LogP contribution in [0.3, 0.4) is 0 Å². The first-order valence-corrected chi connectivity index (χ1v) is 11.0. The molecule has 2 saturated heterocycles. The lowest BCUT2D eigenvalue weighted by atomic mass is 9.95. The second kappa shape index (κ2) is 7.90. The summed E-state index contributed by atoms with van der Waals surface area (Å²) in [5, 5.41) is 9.41. The SMILES string of the molecule is Cc1cc(N2C(=O)[C@]3(CCOC3)N(c3ccc(C(=O)OC4CC4)c(F)c3)C2=S)ccc1C#N. The van der Waals surface area contributed by atoms with Crippen molar-refractivity contribution in [3.63, 3.8) is 0 Å². The minimum absolute atomic E-state index is 0.102. The number of halogens is 1. The van der Waals surface area contributed by atoms with Crippen LogP contribution in [0.25, 0.3) is 0 Å². The number of anilines is 2. The Morgan fingerprint density at radius 1 is 1.27 bits per heavy atom. The highest BCUT2D eigenvalue weighted by molar-refractivity contribution is 7.81. The van der Waals surface area contributed by atoms with Crippen molar-refractivity contribution in [3.05, 3.63) is 58.9 Å². The van der Waals surface area contributed by atoms with Gasteiger partial charge in [-0.05, 0) is 73.9 Å². The van der Waals surface area contributed by atoms with E-state index in [2.05, 4.69) is 6.07 Å². The van der Waals surface area contributed by atoms with Crippen LogP contribution in [0.5, 0.6) is 0 Å². The first kappa shape index (κ1) is 21.5. The average Bonchev–Trinajstić information content (AvgIpc) is 3.41. The molecule has 1 aliphatic carbocycles. The summed E-state index contributed by atoms with van der Waals surface area (Å²) in [5.74, 6) is -1.71. The van der Waals surface area contributed by atoms with Crippen LogP contribution in [0.1, 0.15) is 40.7 Å². The van der Waals surface area contributed by atoms with Crippen LogP contribution in [-0.2, 0) is 14.3 Å². The van der Waals surface area contributed by atoms with Gasteiger partial charge >= 0.3 is 5.97 Å². The smallest absolute Gasteiger partial charge is 0.341 e. The maximum Gasteiger partial charge on any atom is 0.341 e. The number of benzene rings is 2. The number of rotatable bonds is 4. The summed E-state index contributed by atoms with van der Waals surface area (Å²) in [6, 6.07) is 11.3. The van der Waals surface area contributed by atoms with Gasteiger partial charge in [-0.2, -0.15) is 5.26 Å². The number of hydrogen-bond acceptors (Lipinski definition) is 6. The molecule has 0 radical (unpaired) electrons. The Labute approximate surface area is 195 Å². The lowest BCUT2D eigenvalue weighted by Gasteiger charge is -2.31. The summed E-state index contributed by atoms with van der Waals surface area (Å²) in [7, 11) is 0. The van der Waals surface area contributed by atoms with Crippen LogP contribution in [-0.4, -0.2) is 41.8 Å². The number of thiocarbonyl (C=S) groups is 1. The van der Waals surface area contributed by atoms with Crippen molar-refractivity contribution in [2.24, 2.45) is 0 Å². The van der Waals surface area contributed by atoms with Crippen molar-refractivity contribution in [2.45, 2.75) is 37.8 Å². The third kappa shape index (κ3) is 3.46. The summed E-state index contributed by atoms with van der Waals surface area (Å²) in [6.45, 7) is 2.25. The largest absolute Gasteiger partial charge is 0.459 e. The minimum atomic E-state index is -1.11. The predicted molar refractivity (Wildman–Crippen MR) is 121 cm³/mol. The maximum absolute atomic E-state index is 14.9. The molecule has 2 heterocycles. The van der Waals surface area contributed by atoms with Crippen LogP contribution in [0.15, 0.2) is 36.4 Å². The molecule has 2 aromatic carbocycles. The van der Waals surface area contributed by atoms with E-state index in [-0.39, 0.29) is 29.3 Å². The van der Waals surface area contributed by atoms with Crippen molar-refractivity contribution in [1.82, 2.24) is 0 Å². The van der Waals surface area contributed by atoms with Gasteiger partial charge < -0.3 is 14.4 Å². The van der Waals surface area contributed by atoms with Gasteiger partial charge in [0.1, 0.15) is 11.9 Å². The van der Waals surface area contributed by atoms with Gasteiger partial charge in [0.25, 0.3) is 5.91 Å². The molecular weight excluding hydrogens is 445 g/mol. The number of amides is 1. The molecule has 1 amide bonds. The highest BCUT2D eigenvalue weighted by atomic mass is 32.1. The lowest BCUT2D eigenvalue weighted by molar-refractivity contribution is -0.121. The number of ether oxygens (including phenoxy) is 2. The summed E-state index contributed by atoms with van der Waals surface area (Å²) < 4.78 is 25.7. The second-order valence-corrected chi connectivity index (χ2v) is 8.84. The maximum atomic E-state index is 14.9. The van der Waals surface area contributed by atoms with Gasteiger partial charge in [0, 0.05) is 18.7 Å². The van der Waals surface area contributed by atoms with E-state index in [1.54, 1.807) is 36.1 Å². The molecule has 1 spiro atoms. The van der Waals surface area contributed by atoms with E-state index in [9.17, 15) is 19.2 Å². The third-order valence-electron chi connectivity index (χ3n) is 6.23. The van der Waals surface area contributed by atoms with Gasteiger partial charge in [-0.1, -0.05) is 0 Å². The zero-order valence-corrected chi connectivity index (χ0v) is 18.7. The molecule has 3 aliphatic rings. The van der Waals surface area contributed by atoms with E-state index >= 15 is 0 Å². The molecular formula is C24H20FN3O4S. The zero-order chi connectivity index (χ0) is 23.3. The van der Waals surface area contributed by atoms with Crippen molar-refractivity contribution in [2.75, 3.05) is 23.0 Å². The number of aryl methyl sites for hydroxylation is 1. The molecule has 0 aromatic heterocycles. The first-order valence-electron chi connectivity index (χ1n) is 10.6. The van der Waals surface area contributed by atoms with Crippen LogP contribution >= 0.6 is 12.2 Å². The molecule has 3 fully saturated rings. The first-order chi connectivity index (χ1) is 15.9.